The third-order valence-electron chi connectivity index (χ3n) is 4.11. The molecule has 1 N–H and O–H groups in total. The Morgan fingerprint density at radius 2 is 2.26 bits per heavy atom. The van der Waals surface area contributed by atoms with Crippen molar-refractivity contribution in [1.82, 2.24) is 10.2 Å². The molecule has 1 fully saturated rings. The Morgan fingerprint density at radius 3 is 2.84 bits per heavy atom. The van der Waals surface area contributed by atoms with Gasteiger partial charge in [0.15, 0.2) is 0 Å². The van der Waals surface area contributed by atoms with E-state index in [0.717, 1.165) is 25.8 Å². The summed E-state index contributed by atoms with van der Waals surface area (Å²) in [6.07, 6.45) is 2.92. The molecule has 0 bridgehead atoms. The molecule has 1 heterocycles. The zero-order valence-electron chi connectivity index (χ0n) is 12.2. The number of rotatable bonds is 4. The van der Waals surface area contributed by atoms with Crippen LogP contribution in [-0.4, -0.2) is 29.9 Å². The first-order valence-electron chi connectivity index (χ1n) is 7.13. The Balaban J connectivity index is 2.07. The van der Waals surface area contributed by atoms with E-state index >= 15 is 0 Å². The van der Waals surface area contributed by atoms with Crippen molar-refractivity contribution in [3.05, 3.63) is 35.4 Å². The normalized spacial score (nSPS) is 22.5. The maximum absolute atomic E-state index is 12.7. The fourth-order valence-corrected chi connectivity index (χ4v) is 2.96. The van der Waals surface area contributed by atoms with Gasteiger partial charge in [0, 0.05) is 13.6 Å². The van der Waals surface area contributed by atoms with E-state index in [4.69, 9.17) is 0 Å². The number of nitrogens with zero attached hydrogens (tertiary/aromatic N) is 1. The monoisotopic (exact) mass is 260 g/mol. The van der Waals surface area contributed by atoms with Gasteiger partial charge in [0.25, 0.3) is 0 Å². The number of carbonyl (C=O) groups is 1. The van der Waals surface area contributed by atoms with Crippen molar-refractivity contribution in [2.75, 3.05) is 13.6 Å². The topological polar surface area (TPSA) is 32.3 Å². The van der Waals surface area contributed by atoms with E-state index in [9.17, 15) is 4.79 Å². The predicted octanol–water partition coefficient (Wildman–Crippen LogP) is 2.49. The summed E-state index contributed by atoms with van der Waals surface area (Å²) in [5.74, 6) is 0.231. The SMILES string of the molecule is CCC1(C(=O)N(C)Cc2cccc(C)c2)CCCN1. The van der Waals surface area contributed by atoms with Gasteiger partial charge in [0.1, 0.15) is 0 Å². The molecule has 1 aliphatic rings. The summed E-state index contributed by atoms with van der Waals surface area (Å²) in [6.45, 7) is 5.82. The zero-order chi connectivity index (χ0) is 13.9. The summed E-state index contributed by atoms with van der Waals surface area (Å²) in [4.78, 5) is 14.5. The summed E-state index contributed by atoms with van der Waals surface area (Å²) in [5.41, 5.74) is 2.11. The van der Waals surface area contributed by atoms with Gasteiger partial charge in [-0.25, -0.2) is 0 Å². The Hall–Kier alpha value is -1.35. The van der Waals surface area contributed by atoms with E-state index in [1.54, 1.807) is 0 Å². The van der Waals surface area contributed by atoms with Crippen LogP contribution < -0.4 is 5.32 Å². The van der Waals surface area contributed by atoms with Gasteiger partial charge in [-0.3, -0.25) is 4.79 Å². The molecule has 1 amide bonds. The van der Waals surface area contributed by atoms with Crippen molar-refractivity contribution in [2.24, 2.45) is 0 Å². The van der Waals surface area contributed by atoms with E-state index in [-0.39, 0.29) is 11.4 Å². The van der Waals surface area contributed by atoms with Crippen LogP contribution in [0.3, 0.4) is 0 Å². The summed E-state index contributed by atoms with van der Waals surface area (Å²) in [7, 11) is 1.90. The van der Waals surface area contributed by atoms with E-state index in [2.05, 4.69) is 37.4 Å². The number of hydrogen-bond acceptors (Lipinski definition) is 2. The molecule has 0 radical (unpaired) electrons. The van der Waals surface area contributed by atoms with Crippen LogP contribution in [-0.2, 0) is 11.3 Å². The summed E-state index contributed by atoms with van der Waals surface area (Å²) in [6, 6.07) is 8.35. The Morgan fingerprint density at radius 1 is 1.47 bits per heavy atom. The van der Waals surface area contributed by atoms with Gasteiger partial charge in [0.2, 0.25) is 5.91 Å². The Kier molecular flexibility index (Phi) is 4.25. The lowest BCUT2D eigenvalue weighted by Crippen LogP contribution is -2.53. The van der Waals surface area contributed by atoms with Crippen LogP contribution in [0.5, 0.6) is 0 Å². The number of carbonyl (C=O) groups excluding carboxylic acids is 1. The number of likely N-dealkylation sites (N-methyl/N-ethyl adjacent to an activating group) is 1. The van der Waals surface area contributed by atoms with E-state index in [1.807, 2.05) is 18.0 Å². The van der Waals surface area contributed by atoms with Crippen molar-refractivity contribution in [1.29, 1.82) is 0 Å². The van der Waals surface area contributed by atoms with Gasteiger partial charge < -0.3 is 10.2 Å². The fourth-order valence-electron chi connectivity index (χ4n) is 2.96. The van der Waals surface area contributed by atoms with Crippen LogP contribution in [0.4, 0.5) is 0 Å². The molecule has 3 nitrogen and oxygen atoms in total. The van der Waals surface area contributed by atoms with Crippen molar-refractivity contribution < 1.29 is 4.79 Å². The summed E-state index contributed by atoms with van der Waals surface area (Å²) < 4.78 is 0. The van der Waals surface area contributed by atoms with Crippen LogP contribution in [0.1, 0.15) is 37.3 Å². The highest BCUT2D eigenvalue weighted by molar-refractivity contribution is 5.86. The van der Waals surface area contributed by atoms with Gasteiger partial charge in [-0.15, -0.1) is 0 Å². The van der Waals surface area contributed by atoms with Gasteiger partial charge in [-0.1, -0.05) is 36.8 Å². The van der Waals surface area contributed by atoms with E-state index in [1.165, 1.54) is 11.1 Å². The molecule has 1 aromatic carbocycles. The number of aryl methyl sites for hydroxylation is 1. The number of benzene rings is 1. The lowest BCUT2D eigenvalue weighted by Gasteiger charge is -2.32. The third kappa shape index (κ3) is 2.98. The zero-order valence-corrected chi connectivity index (χ0v) is 12.2. The second-order valence-corrected chi connectivity index (χ2v) is 5.62. The largest absolute Gasteiger partial charge is 0.340 e. The van der Waals surface area contributed by atoms with Crippen molar-refractivity contribution in [3.8, 4) is 0 Å². The van der Waals surface area contributed by atoms with E-state index < -0.39 is 0 Å². The lowest BCUT2D eigenvalue weighted by atomic mass is 9.92. The van der Waals surface area contributed by atoms with Crippen LogP contribution in [0, 0.1) is 6.92 Å². The summed E-state index contributed by atoms with van der Waals surface area (Å²) in [5, 5.41) is 3.41. The average molecular weight is 260 g/mol. The Labute approximate surface area is 116 Å². The molecule has 0 saturated carbocycles. The molecular formula is C16H24N2O. The predicted molar refractivity (Wildman–Crippen MR) is 77.9 cm³/mol. The number of hydrogen-bond donors (Lipinski definition) is 1. The molecule has 1 aromatic rings. The quantitative estimate of drug-likeness (QED) is 0.902. The maximum Gasteiger partial charge on any atom is 0.242 e. The Bertz CT molecular complexity index is 450. The molecule has 104 valence electrons. The molecule has 3 heteroatoms. The van der Waals surface area contributed by atoms with Crippen molar-refractivity contribution >= 4 is 5.91 Å². The van der Waals surface area contributed by atoms with Crippen molar-refractivity contribution in [3.63, 3.8) is 0 Å². The number of amides is 1. The minimum absolute atomic E-state index is 0.231. The minimum atomic E-state index is -0.321. The van der Waals surface area contributed by atoms with E-state index in [0.29, 0.717) is 6.54 Å². The molecule has 19 heavy (non-hydrogen) atoms. The second-order valence-electron chi connectivity index (χ2n) is 5.62. The summed E-state index contributed by atoms with van der Waals surface area (Å²) >= 11 is 0. The molecule has 0 spiro atoms. The smallest absolute Gasteiger partial charge is 0.242 e. The van der Waals surface area contributed by atoms with Crippen LogP contribution in [0.2, 0.25) is 0 Å². The third-order valence-corrected chi connectivity index (χ3v) is 4.11. The lowest BCUT2D eigenvalue weighted by molar-refractivity contribution is -0.137. The highest BCUT2D eigenvalue weighted by atomic mass is 16.2. The van der Waals surface area contributed by atoms with Gasteiger partial charge in [-0.2, -0.15) is 0 Å². The first-order valence-corrected chi connectivity index (χ1v) is 7.13. The van der Waals surface area contributed by atoms with Gasteiger partial charge >= 0.3 is 0 Å². The molecular weight excluding hydrogens is 236 g/mol. The second kappa shape index (κ2) is 5.74. The first kappa shape index (κ1) is 14.1. The van der Waals surface area contributed by atoms with Crippen LogP contribution >= 0.6 is 0 Å². The minimum Gasteiger partial charge on any atom is -0.340 e. The molecule has 1 aliphatic heterocycles. The molecule has 0 aromatic heterocycles. The molecule has 2 rings (SSSR count). The highest BCUT2D eigenvalue weighted by Crippen LogP contribution is 2.25. The first-order chi connectivity index (χ1) is 9.07. The molecule has 0 aliphatic carbocycles. The highest BCUT2D eigenvalue weighted by Gasteiger charge is 2.40. The van der Waals surface area contributed by atoms with Crippen LogP contribution in [0.15, 0.2) is 24.3 Å². The van der Waals surface area contributed by atoms with Gasteiger partial charge in [-0.05, 0) is 38.3 Å². The van der Waals surface area contributed by atoms with Crippen LogP contribution in [0.25, 0.3) is 0 Å². The van der Waals surface area contributed by atoms with Gasteiger partial charge in [0.05, 0.1) is 5.54 Å². The molecule has 1 saturated heterocycles. The number of nitrogens with one attached hydrogen (secondary N) is 1. The van der Waals surface area contributed by atoms with Crippen molar-refractivity contribution in [2.45, 2.75) is 45.2 Å². The molecule has 1 atom stereocenters. The molecule has 1 unspecified atom stereocenters. The maximum atomic E-state index is 12.7. The fraction of sp³-hybridized carbons (Fsp3) is 0.562. The average Bonchev–Trinajstić information content (AvgIpc) is 2.87. The standard InChI is InChI=1S/C16H24N2O/c1-4-16(9-6-10-17-16)15(19)18(3)12-14-8-5-7-13(2)11-14/h5,7-8,11,17H,4,6,9-10,12H2,1-3H3.